The van der Waals surface area contributed by atoms with Crippen molar-refractivity contribution in [3.63, 3.8) is 0 Å². The van der Waals surface area contributed by atoms with Gasteiger partial charge in [-0.3, -0.25) is 4.98 Å². The van der Waals surface area contributed by atoms with E-state index < -0.39 is 0 Å². The van der Waals surface area contributed by atoms with Crippen molar-refractivity contribution < 1.29 is 0 Å². The summed E-state index contributed by atoms with van der Waals surface area (Å²) in [6.07, 6.45) is 2.98. The van der Waals surface area contributed by atoms with Crippen LogP contribution in [0.15, 0.2) is 24.9 Å². The SMILES string of the molecule is C=C(C)c1cccnc1C(C)CC. The van der Waals surface area contributed by atoms with Crippen LogP contribution in [0.5, 0.6) is 0 Å². The molecule has 1 heteroatoms. The van der Waals surface area contributed by atoms with Gasteiger partial charge in [0.05, 0.1) is 5.69 Å². The summed E-state index contributed by atoms with van der Waals surface area (Å²) in [5, 5.41) is 0. The summed E-state index contributed by atoms with van der Waals surface area (Å²) in [7, 11) is 0. The number of aromatic nitrogens is 1. The van der Waals surface area contributed by atoms with Gasteiger partial charge in [-0.1, -0.05) is 26.5 Å². The van der Waals surface area contributed by atoms with Gasteiger partial charge in [0.1, 0.15) is 0 Å². The Hall–Kier alpha value is -1.11. The Morgan fingerprint density at radius 2 is 2.31 bits per heavy atom. The number of pyridine rings is 1. The molecule has 1 rings (SSSR count). The van der Waals surface area contributed by atoms with E-state index in [0.717, 1.165) is 12.0 Å². The van der Waals surface area contributed by atoms with Crippen molar-refractivity contribution in [1.29, 1.82) is 0 Å². The van der Waals surface area contributed by atoms with Crippen molar-refractivity contribution in [2.45, 2.75) is 33.1 Å². The Kier molecular flexibility index (Phi) is 3.24. The molecule has 0 saturated carbocycles. The van der Waals surface area contributed by atoms with E-state index in [1.54, 1.807) is 0 Å². The minimum Gasteiger partial charge on any atom is -0.260 e. The Labute approximate surface area is 80.5 Å². The first-order valence-corrected chi connectivity index (χ1v) is 4.77. The van der Waals surface area contributed by atoms with Crippen LogP contribution in [0.2, 0.25) is 0 Å². The van der Waals surface area contributed by atoms with E-state index in [1.807, 2.05) is 19.2 Å². The van der Waals surface area contributed by atoms with E-state index in [-0.39, 0.29) is 0 Å². The van der Waals surface area contributed by atoms with Crippen molar-refractivity contribution in [1.82, 2.24) is 4.98 Å². The molecule has 0 saturated heterocycles. The molecule has 0 aliphatic heterocycles. The Morgan fingerprint density at radius 1 is 1.62 bits per heavy atom. The van der Waals surface area contributed by atoms with Crippen LogP contribution < -0.4 is 0 Å². The molecular weight excluding hydrogens is 158 g/mol. The summed E-state index contributed by atoms with van der Waals surface area (Å²) >= 11 is 0. The smallest absolute Gasteiger partial charge is 0.0506 e. The molecule has 0 amide bonds. The Bertz CT molecular complexity index is 302. The fourth-order valence-corrected chi connectivity index (χ4v) is 1.36. The summed E-state index contributed by atoms with van der Waals surface area (Å²) in [6, 6.07) is 4.06. The van der Waals surface area contributed by atoms with Gasteiger partial charge in [-0.2, -0.15) is 0 Å². The Balaban J connectivity index is 3.11. The maximum Gasteiger partial charge on any atom is 0.0506 e. The van der Waals surface area contributed by atoms with Crippen LogP contribution in [0.1, 0.15) is 44.4 Å². The molecule has 0 bridgehead atoms. The van der Waals surface area contributed by atoms with Gasteiger partial charge in [0, 0.05) is 6.20 Å². The summed E-state index contributed by atoms with van der Waals surface area (Å²) in [5.74, 6) is 0.521. The lowest BCUT2D eigenvalue weighted by atomic mass is 9.96. The van der Waals surface area contributed by atoms with E-state index in [4.69, 9.17) is 0 Å². The summed E-state index contributed by atoms with van der Waals surface area (Å²) < 4.78 is 0. The van der Waals surface area contributed by atoms with Crippen LogP contribution in [0, 0.1) is 0 Å². The monoisotopic (exact) mass is 175 g/mol. The quantitative estimate of drug-likeness (QED) is 0.683. The number of rotatable bonds is 3. The molecule has 13 heavy (non-hydrogen) atoms. The molecule has 0 aliphatic carbocycles. The van der Waals surface area contributed by atoms with Crippen molar-refractivity contribution >= 4 is 5.57 Å². The molecule has 0 spiro atoms. The molecule has 0 N–H and O–H groups in total. The van der Waals surface area contributed by atoms with Crippen LogP contribution in [0.3, 0.4) is 0 Å². The second-order valence-corrected chi connectivity index (χ2v) is 3.53. The molecule has 0 aliphatic rings. The lowest BCUT2D eigenvalue weighted by Crippen LogP contribution is -1.99. The highest BCUT2D eigenvalue weighted by molar-refractivity contribution is 5.63. The number of hydrogen-bond acceptors (Lipinski definition) is 1. The minimum atomic E-state index is 0.521. The van der Waals surface area contributed by atoms with Crippen LogP contribution >= 0.6 is 0 Å². The highest BCUT2D eigenvalue weighted by atomic mass is 14.7. The zero-order chi connectivity index (χ0) is 9.84. The average molecular weight is 175 g/mol. The third-order valence-electron chi connectivity index (χ3n) is 2.38. The first-order valence-electron chi connectivity index (χ1n) is 4.77. The second-order valence-electron chi connectivity index (χ2n) is 3.53. The second kappa shape index (κ2) is 4.22. The number of nitrogens with zero attached hydrogens (tertiary/aromatic N) is 1. The first kappa shape index (κ1) is 9.97. The number of allylic oxidation sites excluding steroid dienone is 1. The van der Waals surface area contributed by atoms with Crippen LogP contribution in [-0.2, 0) is 0 Å². The predicted molar refractivity (Wildman–Crippen MR) is 57.7 cm³/mol. The molecule has 1 atom stereocenters. The first-order chi connectivity index (χ1) is 6.16. The van der Waals surface area contributed by atoms with Crippen LogP contribution in [0.4, 0.5) is 0 Å². The zero-order valence-corrected chi connectivity index (χ0v) is 8.67. The molecule has 1 aromatic rings. The maximum atomic E-state index is 4.41. The van der Waals surface area contributed by atoms with E-state index in [1.165, 1.54) is 11.3 Å². The average Bonchev–Trinajstić information content (AvgIpc) is 2.16. The molecule has 1 aromatic heterocycles. The predicted octanol–water partition coefficient (Wildman–Crippen LogP) is 3.63. The fraction of sp³-hybridized carbons (Fsp3) is 0.417. The summed E-state index contributed by atoms with van der Waals surface area (Å²) in [6.45, 7) is 10.4. The molecule has 0 aromatic carbocycles. The van der Waals surface area contributed by atoms with Gasteiger partial charge < -0.3 is 0 Å². The molecule has 70 valence electrons. The van der Waals surface area contributed by atoms with Crippen molar-refractivity contribution in [3.8, 4) is 0 Å². The molecule has 1 unspecified atom stereocenters. The maximum absolute atomic E-state index is 4.41. The minimum absolute atomic E-state index is 0.521. The van der Waals surface area contributed by atoms with Gasteiger partial charge in [0.2, 0.25) is 0 Å². The van der Waals surface area contributed by atoms with Gasteiger partial charge >= 0.3 is 0 Å². The van der Waals surface area contributed by atoms with E-state index >= 15 is 0 Å². The van der Waals surface area contributed by atoms with E-state index in [9.17, 15) is 0 Å². The van der Waals surface area contributed by atoms with E-state index in [0.29, 0.717) is 5.92 Å². The van der Waals surface area contributed by atoms with Crippen LogP contribution in [-0.4, -0.2) is 4.98 Å². The Morgan fingerprint density at radius 3 is 2.85 bits per heavy atom. The highest BCUT2D eigenvalue weighted by Crippen LogP contribution is 2.24. The highest BCUT2D eigenvalue weighted by Gasteiger charge is 2.09. The van der Waals surface area contributed by atoms with Crippen molar-refractivity contribution in [2.75, 3.05) is 0 Å². The normalized spacial score (nSPS) is 12.5. The summed E-state index contributed by atoms with van der Waals surface area (Å²) in [4.78, 5) is 4.41. The van der Waals surface area contributed by atoms with Gasteiger partial charge in [-0.05, 0) is 36.5 Å². The molecule has 1 heterocycles. The fourth-order valence-electron chi connectivity index (χ4n) is 1.36. The standard InChI is InChI=1S/C12H17N/c1-5-10(4)12-11(9(2)3)7-6-8-13-12/h6-8,10H,2,5H2,1,3-4H3. The molecule has 0 fully saturated rings. The molecule has 0 radical (unpaired) electrons. The summed E-state index contributed by atoms with van der Waals surface area (Å²) in [5.41, 5.74) is 3.48. The molecular formula is C12H17N. The third-order valence-corrected chi connectivity index (χ3v) is 2.38. The topological polar surface area (TPSA) is 12.9 Å². The third kappa shape index (κ3) is 2.18. The van der Waals surface area contributed by atoms with Crippen molar-refractivity contribution in [2.24, 2.45) is 0 Å². The van der Waals surface area contributed by atoms with Gasteiger partial charge in [-0.25, -0.2) is 0 Å². The van der Waals surface area contributed by atoms with Gasteiger partial charge in [0.25, 0.3) is 0 Å². The largest absolute Gasteiger partial charge is 0.260 e. The van der Waals surface area contributed by atoms with E-state index in [2.05, 4.69) is 31.5 Å². The lowest BCUT2D eigenvalue weighted by Gasteiger charge is -2.12. The zero-order valence-electron chi connectivity index (χ0n) is 8.67. The molecule has 1 nitrogen and oxygen atoms in total. The number of hydrogen-bond donors (Lipinski definition) is 0. The van der Waals surface area contributed by atoms with Gasteiger partial charge in [-0.15, -0.1) is 0 Å². The van der Waals surface area contributed by atoms with Gasteiger partial charge in [0.15, 0.2) is 0 Å². The lowest BCUT2D eigenvalue weighted by molar-refractivity contribution is 0.705. The van der Waals surface area contributed by atoms with Crippen LogP contribution in [0.25, 0.3) is 5.57 Å². The van der Waals surface area contributed by atoms with Crippen molar-refractivity contribution in [3.05, 3.63) is 36.2 Å².